The first-order valence-electron chi connectivity index (χ1n) is 9.43. The van der Waals surface area contributed by atoms with Crippen molar-refractivity contribution >= 4 is 21.6 Å². The lowest BCUT2D eigenvalue weighted by atomic mass is 10.0. The lowest BCUT2D eigenvalue weighted by Crippen LogP contribution is -2.41. The van der Waals surface area contributed by atoms with Crippen molar-refractivity contribution in [2.75, 3.05) is 19.5 Å². The average Bonchev–Trinajstić information content (AvgIpc) is 2.72. The lowest BCUT2D eigenvalue weighted by molar-refractivity contribution is -0.117. The zero-order chi connectivity index (χ0) is 21.6. The van der Waals surface area contributed by atoms with Crippen molar-refractivity contribution in [3.05, 3.63) is 47.5 Å². The van der Waals surface area contributed by atoms with Crippen molar-refractivity contribution in [2.24, 2.45) is 0 Å². The average molecular weight is 421 g/mol. The number of methoxy groups -OCH3 is 2. The molecular weight excluding hydrogens is 392 g/mol. The van der Waals surface area contributed by atoms with Gasteiger partial charge in [0.1, 0.15) is 0 Å². The van der Waals surface area contributed by atoms with Gasteiger partial charge in [0.2, 0.25) is 15.9 Å². The van der Waals surface area contributed by atoms with Gasteiger partial charge in [0, 0.05) is 11.8 Å². The second kappa shape index (κ2) is 9.76. The summed E-state index contributed by atoms with van der Waals surface area (Å²) in [6, 6.07) is 9.14. The van der Waals surface area contributed by atoms with Gasteiger partial charge in [-0.3, -0.25) is 4.79 Å². The van der Waals surface area contributed by atoms with Gasteiger partial charge in [-0.15, -0.1) is 0 Å². The van der Waals surface area contributed by atoms with Gasteiger partial charge in [0.05, 0.1) is 25.2 Å². The summed E-state index contributed by atoms with van der Waals surface area (Å²) in [7, 11) is -1.04. The Morgan fingerprint density at radius 3 is 2.10 bits per heavy atom. The van der Waals surface area contributed by atoms with Crippen molar-refractivity contribution in [1.82, 2.24) is 4.72 Å². The Morgan fingerprint density at radius 2 is 1.59 bits per heavy atom. The Labute approximate surface area is 172 Å². The Hall–Kier alpha value is -2.58. The van der Waals surface area contributed by atoms with Crippen LogP contribution in [-0.4, -0.2) is 34.6 Å². The molecule has 2 aromatic rings. The molecule has 2 N–H and O–H groups in total. The first kappa shape index (κ1) is 22.7. The number of hydrogen-bond acceptors (Lipinski definition) is 5. The predicted molar refractivity (Wildman–Crippen MR) is 113 cm³/mol. The second-order valence-corrected chi connectivity index (χ2v) is 8.22. The van der Waals surface area contributed by atoms with Crippen molar-refractivity contribution in [3.63, 3.8) is 0 Å². The molecule has 0 saturated carbocycles. The van der Waals surface area contributed by atoms with E-state index in [1.54, 1.807) is 0 Å². The van der Waals surface area contributed by atoms with E-state index in [1.165, 1.54) is 39.3 Å². The summed E-state index contributed by atoms with van der Waals surface area (Å²) in [6.07, 6.45) is 1.52. The summed E-state index contributed by atoms with van der Waals surface area (Å²) < 4.78 is 38.2. The Morgan fingerprint density at radius 1 is 1.00 bits per heavy atom. The van der Waals surface area contributed by atoms with E-state index < -0.39 is 22.0 Å². The van der Waals surface area contributed by atoms with Gasteiger partial charge in [-0.2, -0.15) is 4.72 Å². The number of para-hydroxylation sites is 1. The van der Waals surface area contributed by atoms with Crippen molar-refractivity contribution < 1.29 is 22.7 Å². The van der Waals surface area contributed by atoms with Gasteiger partial charge in [0.15, 0.2) is 11.5 Å². The molecule has 29 heavy (non-hydrogen) atoms. The predicted octanol–water partition coefficient (Wildman–Crippen LogP) is 3.13. The van der Waals surface area contributed by atoms with E-state index in [-0.39, 0.29) is 10.6 Å². The fourth-order valence-electron chi connectivity index (χ4n) is 2.97. The second-order valence-electron chi connectivity index (χ2n) is 6.51. The highest BCUT2D eigenvalue weighted by molar-refractivity contribution is 7.89. The summed E-state index contributed by atoms with van der Waals surface area (Å²) in [5.74, 6) is 0.280. The molecule has 158 valence electrons. The van der Waals surface area contributed by atoms with Crippen LogP contribution in [0.2, 0.25) is 0 Å². The van der Waals surface area contributed by atoms with E-state index in [4.69, 9.17) is 9.47 Å². The lowest BCUT2D eigenvalue weighted by Gasteiger charge is -2.18. The Kier molecular flexibility index (Phi) is 7.64. The van der Waals surface area contributed by atoms with Crippen molar-refractivity contribution in [3.8, 4) is 11.5 Å². The van der Waals surface area contributed by atoms with Crippen molar-refractivity contribution in [1.29, 1.82) is 0 Å². The van der Waals surface area contributed by atoms with E-state index in [0.29, 0.717) is 5.75 Å². The maximum Gasteiger partial charge on any atom is 0.242 e. The smallest absolute Gasteiger partial charge is 0.242 e. The number of anilines is 1. The van der Waals surface area contributed by atoms with Crippen LogP contribution in [-0.2, 0) is 27.7 Å². The molecule has 8 heteroatoms. The van der Waals surface area contributed by atoms with Crippen LogP contribution in [0.1, 0.15) is 31.9 Å². The number of benzene rings is 2. The molecule has 0 radical (unpaired) electrons. The third kappa shape index (κ3) is 5.27. The van der Waals surface area contributed by atoms with Crippen LogP contribution in [0.25, 0.3) is 0 Å². The van der Waals surface area contributed by atoms with Crippen LogP contribution in [0.15, 0.2) is 41.3 Å². The third-order valence-corrected chi connectivity index (χ3v) is 6.18. The van der Waals surface area contributed by atoms with E-state index in [2.05, 4.69) is 10.0 Å². The van der Waals surface area contributed by atoms with Crippen LogP contribution in [0.3, 0.4) is 0 Å². The number of amides is 1. The molecule has 0 aromatic heterocycles. The molecule has 0 fully saturated rings. The van der Waals surface area contributed by atoms with Gasteiger partial charge in [0.25, 0.3) is 0 Å². The van der Waals surface area contributed by atoms with Gasteiger partial charge < -0.3 is 14.8 Å². The fourth-order valence-corrected chi connectivity index (χ4v) is 4.19. The number of sulfonamides is 1. The molecule has 1 atom stereocenters. The summed E-state index contributed by atoms with van der Waals surface area (Å²) >= 11 is 0. The molecule has 0 bridgehead atoms. The third-order valence-electron chi connectivity index (χ3n) is 4.64. The largest absolute Gasteiger partial charge is 0.493 e. The van der Waals surface area contributed by atoms with Crippen LogP contribution in [0.4, 0.5) is 5.69 Å². The molecular formula is C21H28N2O5S. The molecule has 0 saturated heterocycles. The number of aryl methyl sites for hydroxylation is 2. The quantitative estimate of drug-likeness (QED) is 0.650. The molecule has 0 spiro atoms. The van der Waals surface area contributed by atoms with Crippen LogP contribution in [0, 0.1) is 0 Å². The highest BCUT2D eigenvalue weighted by Crippen LogP contribution is 2.29. The minimum atomic E-state index is -3.93. The standard InChI is InChI=1S/C21H28N2O5S/c1-6-15-9-8-10-16(7-2)20(15)22-21(24)14(3)23-29(25,26)17-11-12-18(27-4)19(13-17)28-5/h8-14,23H,6-7H2,1-5H3,(H,22,24). The highest BCUT2D eigenvalue weighted by Gasteiger charge is 2.24. The normalized spacial score (nSPS) is 12.3. The zero-order valence-electron chi connectivity index (χ0n) is 17.4. The molecule has 0 aliphatic heterocycles. The van der Waals surface area contributed by atoms with E-state index in [1.807, 2.05) is 32.0 Å². The SMILES string of the molecule is CCc1cccc(CC)c1NC(=O)C(C)NS(=O)(=O)c1ccc(OC)c(OC)c1. The maximum absolute atomic E-state index is 12.7. The summed E-state index contributed by atoms with van der Waals surface area (Å²) in [6.45, 7) is 5.52. The summed E-state index contributed by atoms with van der Waals surface area (Å²) in [4.78, 5) is 12.7. The summed E-state index contributed by atoms with van der Waals surface area (Å²) in [5.41, 5.74) is 2.76. The Balaban J connectivity index is 2.21. The number of nitrogens with one attached hydrogen (secondary N) is 2. The first-order chi connectivity index (χ1) is 13.8. The van der Waals surface area contributed by atoms with Gasteiger partial charge >= 0.3 is 0 Å². The molecule has 2 rings (SSSR count). The fraction of sp³-hybridized carbons (Fsp3) is 0.381. The first-order valence-corrected chi connectivity index (χ1v) is 10.9. The number of rotatable bonds is 9. The minimum absolute atomic E-state index is 0.0157. The van der Waals surface area contributed by atoms with Crippen LogP contribution >= 0.6 is 0 Å². The minimum Gasteiger partial charge on any atom is -0.493 e. The monoisotopic (exact) mass is 420 g/mol. The van der Waals surface area contributed by atoms with Crippen molar-refractivity contribution in [2.45, 2.75) is 44.6 Å². The summed E-state index contributed by atoms with van der Waals surface area (Å²) in [5, 5.41) is 2.89. The van der Waals surface area contributed by atoms with Crippen LogP contribution < -0.4 is 19.5 Å². The Bertz CT molecular complexity index is 951. The molecule has 0 aliphatic carbocycles. The molecule has 1 amide bonds. The molecule has 1 unspecified atom stereocenters. The molecule has 0 heterocycles. The molecule has 2 aromatic carbocycles. The number of carbonyl (C=O) groups is 1. The maximum atomic E-state index is 12.7. The topological polar surface area (TPSA) is 93.7 Å². The number of carbonyl (C=O) groups excluding carboxylic acids is 1. The number of ether oxygens (including phenoxy) is 2. The van der Waals surface area contributed by atoms with E-state index in [0.717, 1.165) is 29.7 Å². The van der Waals surface area contributed by atoms with Crippen LogP contribution in [0.5, 0.6) is 11.5 Å². The van der Waals surface area contributed by atoms with Gasteiger partial charge in [-0.25, -0.2) is 8.42 Å². The van der Waals surface area contributed by atoms with Gasteiger partial charge in [-0.1, -0.05) is 32.0 Å². The van der Waals surface area contributed by atoms with E-state index >= 15 is 0 Å². The molecule has 7 nitrogen and oxygen atoms in total. The highest BCUT2D eigenvalue weighted by atomic mass is 32.2. The van der Waals surface area contributed by atoms with Gasteiger partial charge in [-0.05, 0) is 43.0 Å². The molecule has 0 aliphatic rings. The number of hydrogen-bond donors (Lipinski definition) is 2. The van der Waals surface area contributed by atoms with E-state index in [9.17, 15) is 13.2 Å². The zero-order valence-corrected chi connectivity index (χ0v) is 18.2.